The van der Waals surface area contributed by atoms with Gasteiger partial charge in [-0.15, -0.1) is 0 Å². The van der Waals surface area contributed by atoms with Crippen LogP contribution in [0.15, 0.2) is 30.5 Å². The molecule has 10 heteroatoms. The molecule has 0 atom stereocenters. The van der Waals surface area contributed by atoms with Crippen molar-refractivity contribution in [1.29, 1.82) is 0 Å². The van der Waals surface area contributed by atoms with E-state index in [-0.39, 0.29) is 22.3 Å². The molecule has 0 unspecified atom stereocenters. The Bertz CT molecular complexity index is 820. The minimum atomic E-state index is -0.620. The fourth-order valence-electron chi connectivity index (χ4n) is 2.82. The Balaban J connectivity index is 1.50. The summed E-state index contributed by atoms with van der Waals surface area (Å²) in [6.45, 7) is 3.44. The summed E-state index contributed by atoms with van der Waals surface area (Å²) in [6.07, 6.45) is 1.57. The van der Waals surface area contributed by atoms with Crippen molar-refractivity contribution in [3.05, 3.63) is 57.0 Å². The predicted octanol–water partition coefficient (Wildman–Crippen LogP) is 2.04. The second-order valence-corrected chi connectivity index (χ2v) is 6.39. The van der Waals surface area contributed by atoms with E-state index in [9.17, 15) is 19.3 Å². The molecule has 0 aliphatic carbocycles. The maximum atomic E-state index is 13.9. The molecule has 0 radical (unpaired) electrons. The van der Waals surface area contributed by atoms with E-state index in [0.29, 0.717) is 39.3 Å². The van der Waals surface area contributed by atoms with Gasteiger partial charge in [-0.05, 0) is 23.1 Å². The Morgan fingerprint density at radius 1 is 1.23 bits per heavy atom. The Hall–Kier alpha value is -2.52. The highest BCUT2D eigenvalue weighted by Gasteiger charge is 2.24. The first kappa shape index (κ1) is 18.3. The van der Waals surface area contributed by atoms with Gasteiger partial charge < -0.3 is 15.0 Å². The first-order valence-electron chi connectivity index (χ1n) is 8.08. The van der Waals surface area contributed by atoms with Gasteiger partial charge in [-0.25, -0.2) is 4.39 Å². The third kappa shape index (κ3) is 4.17. The topological polar surface area (TPSA) is 84.5 Å². The van der Waals surface area contributed by atoms with Crippen LogP contribution >= 0.6 is 11.6 Å². The second kappa shape index (κ2) is 7.79. The zero-order valence-corrected chi connectivity index (χ0v) is 14.6. The number of halogens is 2. The maximum Gasteiger partial charge on any atom is 0.389 e. The van der Waals surface area contributed by atoms with Crippen molar-refractivity contribution in [3.8, 4) is 0 Å². The molecule has 1 aliphatic rings. The summed E-state index contributed by atoms with van der Waals surface area (Å²) in [7, 11) is 0. The third-order valence-electron chi connectivity index (χ3n) is 4.28. The van der Waals surface area contributed by atoms with E-state index in [4.69, 9.17) is 11.6 Å². The highest BCUT2D eigenvalue weighted by atomic mass is 35.5. The first-order chi connectivity index (χ1) is 12.4. The molecule has 8 nitrogen and oxygen atoms in total. The molecule has 0 saturated carbocycles. The average Bonchev–Trinajstić information content (AvgIpc) is 3.09. The van der Waals surface area contributed by atoms with Gasteiger partial charge in [0.25, 0.3) is 5.91 Å². The molecule has 2 aromatic rings. The van der Waals surface area contributed by atoms with Crippen LogP contribution in [0.1, 0.15) is 10.4 Å². The van der Waals surface area contributed by atoms with Crippen LogP contribution in [0.3, 0.4) is 0 Å². The molecule has 138 valence electrons. The van der Waals surface area contributed by atoms with Crippen LogP contribution in [0.2, 0.25) is 5.02 Å². The number of aromatic nitrogens is 2. The van der Waals surface area contributed by atoms with Crippen LogP contribution < -0.4 is 0 Å². The van der Waals surface area contributed by atoms with Gasteiger partial charge in [-0.2, -0.15) is 4.68 Å². The van der Waals surface area contributed by atoms with Crippen molar-refractivity contribution in [2.24, 2.45) is 0 Å². The van der Waals surface area contributed by atoms with Crippen molar-refractivity contribution in [2.45, 2.75) is 6.54 Å². The van der Waals surface area contributed by atoms with Crippen LogP contribution in [0.5, 0.6) is 0 Å². The highest BCUT2D eigenvalue weighted by Crippen LogP contribution is 2.17. The molecule has 0 N–H and O–H groups in total. The molecule has 1 aromatic carbocycles. The average molecular weight is 382 g/mol. The minimum Gasteiger partial charge on any atom is -0.358 e. The standard InChI is InChI=1S/C16H17ClFN5O3/c17-12-1-2-13(14(18)11-12)16(24)21-8-5-20(6-9-21)7-10-22-4-3-15(19-22)23(25)26/h1-4,11H,5-10H2. The lowest BCUT2D eigenvalue weighted by atomic mass is 10.1. The Morgan fingerprint density at radius 2 is 1.96 bits per heavy atom. The summed E-state index contributed by atoms with van der Waals surface area (Å²) in [5.41, 5.74) is 0.0201. The van der Waals surface area contributed by atoms with Crippen LogP contribution in [-0.4, -0.2) is 63.1 Å². The number of hydrogen-bond acceptors (Lipinski definition) is 5. The number of piperazine rings is 1. The van der Waals surface area contributed by atoms with Gasteiger partial charge in [0.05, 0.1) is 29.5 Å². The lowest BCUT2D eigenvalue weighted by molar-refractivity contribution is -0.389. The van der Waals surface area contributed by atoms with Gasteiger partial charge in [-0.3, -0.25) is 9.69 Å². The number of carbonyl (C=O) groups excluding carboxylic acids is 1. The van der Waals surface area contributed by atoms with Gasteiger partial charge in [0, 0.05) is 37.7 Å². The van der Waals surface area contributed by atoms with E-state index >= 15 is 0 Å². The zero-order chi connectivity index (χ0) is 18.7. The molecule has 1 aromatic heterocycles. The molecule has 0 bridgehead atoms. The summed E-state index contributed by atoms with van der Waals surface area (Å²) in [5.74, 6) is -1.14. The normalized spacial score (nSPS) is 15.2. The van der Waals surface area contributed by atoms with Crippen LogP contribution in [0.25, 0.3) is 0 Å². The SMILES string of the molecule is O=C(c1ccc(Cl)cc1F)N1CCN(CCn2ccc([N+](=O)[O-])n2)CC1. The summed E-state index contributed by atoms with van der Waals surface area (Å²) in [6, 6.07) is 5.39. The predicted molar refractivity (Wildman–Crippen MR) is 92.6 cm³/mol. The molecule has 0 spiro atoms. The summed E-state index contributed by atoms with van der Waals surface area (Å²) in [4.78, 5) is 26.3. The quantitative estimate of drug-likeness (QED) is 0.584. The Kier molecular flexibility index (Phi) is 5.48. The minimum absolute atomic E-state index is 0.0201. The molecule has 1 aliphatic heterocycles. The number of carbonyl (C=O) groups is 1. The third-order valence-corrected chi connectivity index (χ3v) is 4.52. The van der Waals surface area contributed by atoms with E-state index in [0.717, 1.165) is 6.07 Å². The van der Waals surface area contributed by atoms with Crippen molar-refractivity contribution >= 4 is 23.3 Å². The number of nitro groups is 1. The zero-order valence-electron chi connectivity index (χ0n) is 13.8. The van der Waals surface area contributed by atoms with Crippen molar-refractivity contribution in [1.82, 2.24) is 19.6 Å². The fraction of sp³-hybridized carbons (Fsp3) is 0.375. The largest absolute Gasteiger partial charge is 0.389 e. The van der Waals surface area contributed by atoms with Gasteiger partial charge in [0.1, 0.15) is 5.82 Å². The molecule has 26 heavy (non-hydrogen) atoms. The van der Waals surface area contributed by atoms with E-state index in [1.54, 1.807) is 11.1 Å². The Morgan fingerprint density at radius 3 is 2.58 bits per heavy atom. The fourth-order valence-corrected chi connectivity index (χ4v) is 2.98. The molecule has 3 rings (SSSR count). The van der Waals surface area contributed by atoms with Crippen molar-refractivity contribution < 1.29 is 14.1 Å². The van der Waals surface area contributed by atoms with Crippen LogP contribution in [0, 0.1) is 15.9 Å². The van der Waals surface area contributed by atoms with Gasteiger partial charge in [0.2, 0.25) is 0 Å². The maximum absolute atomic E-state index is 13.9. The van der Waals surface area contributed by atoms with E-state index in [1.807, 2.05) is 0 Å². The lowest BCUT2D eigenvalue weighted by Crippen LogP contribution is -2.49. The van der Waals surface area contributed by atoms with E-state index in [2.05, 4.69) is 10.00 Å². The monoisotopic (exact) mass is 381 g/mol. The molecule has 1 amide bonds. The van der Waals surface area contributed by atoms with Crippen molar-refractivity contribution in [2.75, 3.05) is 32.7 Å². The molecular formula is C16H17ClFN5O3. The lowest BCUT2D eigenvalue weighted by Gasteiger charge is -2.34. The van der Waals surface area contributed by atoms with E-state index in [1.165, 1.54) is 22.9 Å². The summed E-state index contributed by atoms with van der Waals surface area (Å²) in [5, 5.41) is 14.7. The van der Waals surface area contributed by atoms with E-state index < -0.39 is 10.7 Å². The van der Waals surface area contributed by atoms with Crippen LogP contribution in [-0.2, 0) is 6.54 Å². The smallest absolute Gasteiger partial charge is 0.358 e. The molecule has 2 heterocycles. The van der Waals surface area contributed by atoms with Gasteiger partial charge in [-0.1, -0.05) is 11.6 Å². The number of benzene rings is 1. The highest BCUT2D eigenvalue weighted by molar-refractivity contribution is 6.30. The Labute approximate surface area is 153 Å². The van der Waals surface area contributed by atoms with Crippen molar-refractivity contribution in [3.63, 3.8) is 0 Å². The molecule has 1 fully saturated rings. The summed E-state index contributed by atoms with van der Waals surface area (Å²) >= 11 is 5.71. The number of rotatable bonds is 5. The van der Waals surface area contributed by atoms with Crippen LogP contribution in [0.4, 0.5) is 10.2 Å². The first-order valence-corrected chi connectivity index (χ1v) is 8.46. The number of nitrogens with zero attached hydrogens (tertiary/aromatic N) is 5. The number of amides is 1. The molecular weight excluding hydrogens is 365 g/mol. The second-order valence-electron chi connectivity index (χ2n) is 5.95. The molecule has 1 saturated heterocycles. The summed E-state index contributed by atoms with van der Waals surface area (Å²) < 4.78 is 15.4. The van der Waals surface area contributed by atoms with Gasteiger partial charge in [0.15, 0.2) is 0 Å². The van der Waals surface area contributed by atoms with Gasteiger partial charge >= 0.3 is 5.82 Å². The number of hydrogen-bond donors (Lipinski definition) is 0.